The molecule has 10 heteroatoms. The molecule has 0 bridgehead atoms. The van der Waals surface area contributed by atoms with Gasteiger partial charge >= 0.3 is 0 Å². The van der Waals surface area contributed by atoms with E-state index >= 15 is 0 Å². The number of benzene rings is 1. The second-order valence-corrected chi connectivity index (χ2v) is 7.72. The number of rotatable bonds is 4. The van der Waals surface area contributed by atoms with Crippen molar-refractivity contribution in [1.82, 2.24) is 15.2 Å². The molecule has 7 nitrogen and oxygen atoms in total. The SMILES string of the molecule is O=C([O-])NCc1cc2cc(-c3ccc(C(=O)N4CCC(F)(F)CC4)cn3)cc(Cl)c2o1. The Bertz CT molecular complexity index is 1140. The van der Waals surface area contributed by atoms with Crippen LogP contribution in [0.5, 0.6) is 0 Å². The van der Waals surface area contributed by atoms with Crippen molar-refractivity contribution in [3.63, 3.8) is 0 Å². The molecule has 0 radical (unpaired) electrons. The highest BCUT2D eigenvalue weighted by Gasteiger charge is 2.35. The van der Waals surface area contributed by atoms with E-state index < -0.39 is 12.0 Å². The number of fused-ring (bicyclic) bond motifs is 1. The fourth-order valence-electron chi connectivity index (χ4n) is 3.47. The minimum atomic E-state index is -2.72. The molecule has 0 atom stereocenters. The maximum absolute atomic E-state index is 13.3. The van der Waals surface area contributed by atoms with Gasteiger partial charge in [-0.2, -0.15) is 0 Å². The third kappa shape index (κ3) is 4.61. The van der Waals surface area contributed by atoms with Crippen LogP contribution in [-0.2, 0) is 6.54 Å². The number of amides is 2. The van der Waals surface area contributed by atoms with Gasteiger partial charge in [0.2, 0.25) is 0 Å². The maximum atomic E-state index is 13.3. The Hall–Kier alpha value is -3.20. The number of hydrogen-bond donors (Lipinski definition) is 1. The molecular weight excluding hydrogens is 432 g/mol. The molecular formula is C21H17ClF2N3O4-. The molecule has 0 aliphatic carbocycles. The maximum Gasteiger partial charge on any atom is 0.255 e. The molecule has 3 heterocycles. The molecule has 1 aliphatic rings. The van der Waals surface area contributed by atoms with E-state index in [0.717, 1.165) is 0 Å². The molecule has 1 fully saturated rings. The van der Waals surface area contributed by atoms with Crippen LogP contribution in [0.25, 0.3) is 22.2 Å². The molecule has 0 spiro atoms. The van der Waals surface area contributed by atoms with Crippen molar-refractivity contribution in [2.24, 2.45) is 0 Å². The van der Waals surface area contributed by atoms with Crippen molar-refractivity contribution < 1.29 is 27.9 Å². The number of pyridine rings is 1. The lowest BCUT2D eigenvalue weighted by atomic mass is 10.1. The van der Waals surface area contributed by atoms with Crippen LogP contribution < -0.4 is 10.4 Å². The molecule has 0 saturated carbocycles. The zero-order valence-electron chi connectivity index (χ0n) is 16.2. The number of alkyl halides is 2. The van der Waals surface area contributed by atoms with Crippen LogP contribution in [0.15, 0.2) is 40.9 Å². The van der Waals surface area contributed by atoms with Crippen LogP contribution in [0.2, 0.25) is 5.02 Å². The van der Waals surface area contributed by atoms with Gasteiger partial charge in [0.25, 0.3) is 11.8 Å². The molecule has 3 aromatic rings. The van der Waals surface area contributed by atoms with Crippen LogP contribution in [0.1, 0.15) is 29.0 Å². The first-order chi connectivity index (χ1) is 14.7. The van der Waals surface area contributed by atoms with Crippen molar-refractivity contribution in [3.8, 4) is 11.3 Å². The number of likely N-dealkylation sites (tertiary alicyclic amines) is 1. The third-order valence-corrected chi connectivity index (χ3v) is 5.40. The summed E-state index contributed by atoms with van der Waals surface area (Å²) in [4.78, 5) is 28.8. The number of carbonyl (C=O) groups excluding carboxylic acids is 2. The molecule has 0 unspecified atom stereocenters. The van der Waals surface area contributed by atoms with Gasteiger partial charge in [0.1, 0.15) is 11.9 Å². The van der Waals surface area contributed by atoms with Gasteiger partial charge in [-0.25, -0.2) is 8.78 Å². The number of piperidine rings is 1. The van der Waals surface area contributed by atoms with Gasteiger partial charge in [0.15, 0.2) is 5.58 Å². The zero-order valence-corrected chi connectivity index (χ0v) is 16.9. The van der Waals surface area contributed by atoms with Crippen molar-refractivity contribution in [1.29, 1.82) is 0 Å². The number of carboxylic acid groups (broad SMARTS) is 1. The number of halogens is 3. The van der Waals surface area contributed by atoms with Gasteiger partial charge in [-0.3, -0.25) is 9.78 Å². The molecule has 162 valence electrons. The molecule has 1 aromatic carbocycles. The average Bonchev–Trinajstić information content (AvgIpc) is 3.16. The smallest absolute Gasteiger partial charge is 0.255 e. The van der Waals surface area contributed by atoms with E-state index in [1.54, 1.807) is 30.3 Å². The summed E-state index contributed by atoms with van der Waals surface area (Å²) in [5, 5.41) is 13.6. The Morgan fingerprint density at radius 3 is 2.61 bits per heavy atom. The van der Waals surface area contributed by atoms with E-state index in [-0.39, 0.29) is 38.4 Å². The molecule has 1 N–H and O–H groups in total. The predicted molar refractivity (Wildman–Crippen MR) is 107 cm³/mol. The van der Waals surface area contributed by atoms with E-state index in [9.17, 15) is 23.5 Å². The first-order valence-corrected chi connectivity index (χ1v) is 9.90. The van der Waals surface area contributed by atoms with Gasteiger partial charge < -0.3 is 24.5 Å². The number of nitrogens with one attached hydrogen (secondary N) is 1. The Morgan fingerprint density at radius 1 is 1.23 bits per heavy atom. The summed E-state index contributed by atoms with van der Waals surface area (Å²) in [6, 6.07) is 8.34. The molecule has 31 heavy (non-hydrogen) atoms. The Kier molecular flexibility index (Phi) is 5.53. The van der Waals surface area contributed by atoms with Crippen LogP contribution in [-0.4, -0.2) is 40.9 Å². The van der Waals surface area contributed by atoms with Crippen molar-refractivity contribution in [2.75, 3.05) is 13.1 Å². The number of nitrogens with zero attached hydrogens (tertiary/aromatic N) is 2. The average molecular weight is 449 g/mol. The lowest BCUT2D eigenvalue weighted by Gasteiger charge is -2.31. The molecule has 1 aliphatic heterocycles. The summed E-state index contributed by atoms with van der Waals surface area (Å²) in [5.41, 5.74) is 1.96. The standard InChI is InChI=1S/C21H18ClF2N3O4/c22-16-9-13(7-14-8-15(31-18(14)16)11-26-20(29)30)17-2-1-12(10-25-17)19(28)27-5-3-21(23,24)4-6-27/h1-2,7-10,26H,3-6,11H2,(H,29,30)/p-1. The van der Waals surface area contributed by atoms with Gasteiger partial charge in [0, 0.05) is 43.1 Å². The highest BCUT2D eigenvalue weighted by molar-refractivity contribution is 6.35. The summed E-state index contributed by atoms with van der Waals surface area (Å²) < 4.78 is 32.2. The second kappa shape index (κ2) is 8.14. The largest absolute Gasteiger partial charge is 0.530 e. The van der Waals surface area contributed by atoms with E-state index in [1.165, 1.54) is 11.1 Å². The lowest BCUT2D eigenvalue weighted by molar-refractivity contribution is -0.251. The van der Waals surface area contributed by atoms with Crippen LogP contribution in [0.4, 0.5) is 13.6 Å². The summed E-state index contributed by atoms with van der Waals surface area (Å²) in [5.74, 6) is -2.67. The molecule has 2 aromatic heterocycles. The van der Waals surface area contributed by atoms with Gasteiger partial charge in [-0.15, -0.1) is 0 Å². The molecule has 2 amide bonds. The molecule has 1 saturated heterocycles. The van der Waals surface area contributed by atoms with Crippen LogP contribution in [0.3, 0.4) is 0 Å². The number of carbonyl (C=O) groups is 2. The highest BCUT2D eigenvalue weighted by Crippen LogP contribution is 2.33. The molecule has 4 rings (SSSR count). The highest BCUT2D eigenvalue weighted by atomic mass is 35.5. The van der Waals surface area contributed by atoms with E-state index in [4.69, 9.17) is 16.0 Å². The van der Waals surface area contributed by atoms with Crippen LogP contribution >= 0.6 is 11.6 Å². The van der Waals surface area contributed by atoms with E-state index in [1.807, 2.05) is 0 Å². The fraction of sp³-hybridized carbons (Fsp3) is 0.286. The minimum absolute atomic E-state index is 0.00941. The van der Waals surface area contributed by atoms with Gasteiger partial charge in [-0.05, 0) is 30.3 Å². The summed E-state index contributed by atoms with van der Waals surface area (Å²) in [7, 11) is 0. The number of hydrogen-bond acceptors (Lipinski definition) is 5. The lowest BCUT2D eigenvalue weighted by Crippen LogP contribution is -2.42. The normalized spacial score (nSPS) is 15.8. The predicted octanol–water partition coefficient (Wildman–Crippen LogP) is 3.45. The van der Waals surface area contributed by atoms with Gasteiger partial charge in [-0.1, -0.05) is 11.6 Å². The van der Waals surface area contributed by atoms with E-state index in [2.05, 4.69) is 10.3 Å². The zero-order chi connectivity index (χ0) is 22.2. The number of aromatic nitrogens is 1. The van der Waals surface area contributed by atoms with E-state index in [0.29, 0.717) is 38.6 Å². The summed E-state index contributed by atoms with van der Waals surface area (Å²) >= 11 is 6.30. The summed E-state index contributed by atoms with van der Waals surface area (Å²) in [6.45, 7) is -0.0366. The van der Waals surface area contributed by atoms with Crippen LogP contribution in [0, 0.1) is 0 Å². The topological polar surface area (TPSA) is 98.5 Å². The fourth-order valence-corrected chi connectivity index (χ4v) is 3.73. The van der Waals surface area contributed by atoms with Gasteiger partial charge in [0.05, 0.1) is 22.8 Å². The van der Waals surface area contributed by atoms with Crippen molar-refractivity contribution >= 4 is 34.6 Å². The quantitative estimate of drug-likeness (QED) is 0.659. The summed E-state index contributed by atoms with van der Waals surface area (Å²) in [6.07, 6.45) is -0.681. The van der Waals surface area contributed by atoms with Crippen molar-refractivity contribution in [2.45, 2.75) is 25.3 Å². The number of furan rings is 1. The first kappa shape index (κ1) is 21.0. The van der Waals surface area contributed by atoms with Crippen molar-refractivity contribution in [3.05, 3.63) is 52.9 Å². The first-order valence-electron chi connectivity index (χ1n) is 9.52. The minimum Gasteiger partial charge on any atom is -0.530 e. The Labute approximate surface area is 180 Å². The Morgan fingerprint density at radius 2 is 1.97 bits per heavy atom. The Balaban J connectivity index is 1.53. The second-order valence-electron chi connectivity index (χ2n) is 7.31. The monoisotopic (exact) mass is 448 g/mol. The third-order valence-electron chi connectivity index (χ3n) is 5.12.